The fourth-order valence-electron chi connectivity index (χ4n) is 3.96. The van der Waals surface area contributed by atoms with Gasteiger partial charge in [-0.3, -0.25) is 4.79 Å². The first-order valence-corrected chi connectivity index (χ1v) is 8.35. The fraction of sp³-hybridized carbons (Fsp3) is 0.611. The second kappa shape index (κ2) is 7.65. The summed E-state index contributed by atoms with van der Waals surface area (Å²) in [5, 5.41) is 16.7. The fourth-order valence-corrected chi connectivity index (χ4v) is 3.96. The van der Waals surface area contributed by atoms with Gasteiger partial charge in [0.15, 0.2) is 0 Å². The van der Waals surface area contributed by atoms with Crippen LogP contribution in [0.3, 0.4) is 0 Å². The van der Waals surface area contributed by atoms with Crippen molar-refractivity contribution in [2.75, 3.05) is 19.6 Å². The van der Waals surface area contributed by atoms with E-state index >= 15 is 0 Å². The Morgan fingerprint density at radius 2 is 2.13 bits per heavy atom. The largest absolute Gasteiger partial charge is 0.387 e. The Hall–Kier alpha value is -1.10. The molecule has 1 saturated carbocycles. The van der Waals surface area contributed by atoms with Crippen molar-refractivity contribution in [3.8, 4) is 0 Å². The van der Waals surface area contributed by atoms with E-state index in [1.165, 1.54) is 12.0 Å². The summed E-state index contributed by atoms with van der Waals surface area (Å²) < 4.78 is 0. The van der Waals surface area contributed by atoms with Crippen LogP contribution in [0.2, 0.25) is 0 Å². The Labute approximate surface area is 144 Å². The van der Waals surface area contributed by atoms with Crippen molar-refractivity contribution in [3.63, 3.8) is 0 Å². The molecule has 3 atom stereocenters. The van der Waals surface area contributed by atoms with Gasteiger partial charge in [-0.2, -0.15) is 0 Å². The summed E-state index contributed by atoms with van der Waals surface area (Å²) in [5.74, 6) is 0.575. The first kappa shape index (κ1) is 18.2. The van der Waals surface area contributed by atoms with Crippen LogP contribution < -0.4 is 10.6 Å². The lowest BCUT2D eigenvalue weighted by atomic mass is 9.67. The molecule has 2 fully saturated rings. The van der Waals surface area contributed by atoms with E-state index < -0.39 is 6.10 Å². The van der Waals surface area contributed by atoms with Crippen molar-refractivity contribution in [2.24, 2.45) is 11.3 Å². The van der Waals surface area contributed by atoms with E-state index in [0.29, 0.717) is 5.92 Å². The van der Waals surface area contributed by atoms with E-state index in [-0.39, 0.29) is 30.3 Å². The van der Waals surface area contributed by atoms with Crippen molar-refractivity contribution in [1.29, 1.82) is 0 Å². The van der Waals surface area contributed by atoms with E-state index in [9.17, 15) is 9.90 Å². The van der Waals surface area contributed by atoms with Gasteiger partial charge in [0.2, 0.25) is 5.91 Å². The number of aryl methyl sites for hydroxylation is 1. The molecule has 2 aliphatic rings. The maximum Gasteiger partial charge on any atom is 0.227 e. The Bertz CT molecular complexity index is 534. The highest BCUT2D eigenvalue weighted by molar-refractivity contribution is 5.85. The molecule has 23 heavy (non-hydrogen) atoms. The van der Waals surface area contributed by atoms with E-state index in [0.717, 1.165) is 37.9 Å². The van der Waals surface area contributed by atoms with Crippen LogP contribution in [0.25, 0.3) is 0 Å². The quantitative estimate of drug-likeness (QED) is 0.789. The average molecular weight is 339 g/mol. The summed E-state index contributed by atoms with van der Waals surface area (Å²) in [5.41, 5.74) is 1.78. The van der Waals surface area contributed by atoms with Crippen LogP contribution >= 0.6 is 12.4 Å². The Morgan fingerprint density at radius 3 is 2.87 bits per heavy atom. The van der Waals surface area contributed by atoms with E-state index in [2.05, 4.69) is 10.6 Å². The molecule has 4 nitrogen and oxygen atoms in total. The smallest absolute Gasteiger partial charge is 0.227 e. The summed E-state index contributed by atoms with van der Waals surface area (Å²) in [7, 11) is 0. The molecule has 5 heteroatoms. The van der Waals surface area contributed by atoms with Gasteiger partial charge in [-0.15, -0.1) is 12.4 Å². The normalized spacial score (nSPS) is 27.7. The van der Waals surface area contributed by atoms with Crippen molar-refractivity contribution < 1.29 is 9.90 Å². The predicted molar refractivity (Wildman–Crippen MR) is 93.7 cm³/mol. The number of halogens is 1. The summed E-state index contributed by atoms with van der Waals surface area (Å²) in [4.78, 5) is 12.7. The number of hydrogen-bond acceptors (Lipinski definition) is 3. The van der Waals surface area contributed by atoms with Crippen LogP contribution in [0, 0.1) is 18.3 Å². The molecule has 0 radical (unpaired) electrons. The van der Waals surface area contributed by atoms with Crippen LogP contribution in [0.4, 0.5) is 0 Å². The van der Waals surface area contributed by atoms with Gasteiger partial charge in [-0.05, 0) is 37.8 Å². The minimum atomic E-state index is -0.641. The number of nitrogens with one attached hydrogen (secondary N) is 2. The highest BCUT2D eigenvalue weighted by atomic mass is 35.5. The second-order valence-corrected chi connectivity index (χ2v) is 6.87. The van der Waals surface area contributed by atoms with E-state index in [1.807, 2.05) is 31.2 Å². The molecule has 1 aromatic rings. The van der Waals surface area contributed by atoms with Crippen molar-refractivity contribution in [2.45, 2.75) is 38.7 Å². The Morgan fingerprint density at radius 1 is 1.39 bits per heavy atom. The third-order valence-electron chi connectivity index (χ3n) is 5.41. The lowest BCUT2D eigenvalue weighted by molar-refractivity contribution is -0.134. The SMILES string of the molecule is Cc1ccc(C(O)CNC(=O)[C@@]23CCCC[C@H]2CNC3)cc1.Cl. The minimum Gasteiger partial charge on any atom is -0.387 e. The van der Waals surface area contributed by atoms with Crippen molar-refractivity contribution in [1.82, 2.24) is 10.6 Å². The molecular weight excluding hydrogens is 312 g/mol. The monoisotopic (exact) mass is 338 g/mol. The molecule has 1 amide bonds. The molecule has 0 aromatic heterocycles. The average Bonchev–Trinajstić information content (AvgIpc) is 2.98. The second-order valence-electron chi connectivity index (χ2n) is 6.87. The van der Waals surface area contributed by atoms with Gasteiger partial charge in [0.05, 0.1) is 11.5 Å². The van der Waals surface area contributed by atoms with Gasteiger partial charge in [-0.25, -0.2) is 0 Å². The van der Waals surface area contributed by atoms with Crippen LogP contribution in [0.1, 0.15) is 42.9 Å². The number of aliphatic hydroxyl groups excluding tert-OH is 1. The highest BCUT2D eigenvalue weighted by Gasteiger charge is 2.49. The molecule has 1 aliphatic heterocycles. The van der Waals surface area contributed by atoms with Crippen molar-refractivity contribution >= 4 is 18.3 Å². The molecular formula is C18H27ClN2O2. The van der Waals surface area contributed by atoms with E-state index in [4.69, 9.17) is 0 Å². The van der Waals surface area contributed by atoms with Gasteiger partial charge in [-0.1, -0.05) is 42.7 Å². The molecule has 0 bridgehead atoms. The number of benzene rings is 1. The molecule has 3 N–H and O–H groups in total. The zero-order valence-electron chi connectivity index (χ0n) is 13.7. The van der Waals surface area contributed by atoms with Crippen LogP contribution in [-0.2, 0) is 4.79 Å². The third-order valence-corrected chi connectivity index (χ3v) is 5.41. The van der Waals surface area contributed by atoms with Gasteiger partial charge in [0, 0.05) is 13.1 Å². The number of amides is 1. The zero-order chi connectivity index (χ0) is 15.6. The molecule has 1 heterocycles. The molecule has 3 rings (SSSR count). The van der Waals surface area contributed by atoms with Crippen LogP contribution in [0.15, 0.2) is 24.3 Å². The van der Waals surface area contributed by atoms with Crippen molar-refractivity contribution in [3.05, 3.63) is 35.4 Å². The molecule has 128 valence electrons. The first-order valence-electron chi connectivity index (χ1n) is 8.35. The number of rotatable bonds is 4. The standard InChI is InChI=1S/C18H26N2O2.ClH/c1-13-5-7-14(8-6-13)16(21)11-20-17(22)18-9-3-2-4-15(18)10-19-12-18;/h5-8,15-16,19,21H,2-4,9-12H2,1H3,(H,20,22);1H/t15-,16?,18+;/m0./s1. The van der Waals surface area contributed by atoms with Gasteiger partial charge in [0.1, 0.15) is 0 Å². The number of fused-ring (bicyclic) bond motifs is 1. The summed E-state index contributed by atoms with van der Waals surface area (Å²) >= 11 is 0. The first-order chi connectivity index (χ1) is 10.6. The summed E-state index contributed by atoms with van der Waals surface area (Å²) in [6.45, 7) is 4.04. The lowest BCUT2D eigenvalue weighted by Crippen LogP contribution is -2.48. The molecule has 1 unspecified atom stereocenters. The maximum atomic E-state index is 12.7. The summed E-state index contributed by atoms with van der Waals surface area (Å²) in [6, 6.07) is 7.81. The van der Waals surface area contributed by atoms with Gasteiger partial charge >= 0.3 is 0 Å². The topological polar surface area (TPSA) is 61.4 Å². The van der Waals surface area contributed by atoms with Crippen LogP contribution in [0.5, 0.6) is 0 Å². The predicted octanol–water partition coefficient (Wildman–Crippen LogP) is 2.35. The number of hydrogen-bond donors (Lipinski definition) is 3. The van der Waals surface area contributed by atoms with Gasteiger partial charge in [0.25, 0.3) is 0 Å². The Kier molecular flexibility index (Phi) is 6.06. The zero-order valence-corrected chi connectivity index (χ0v) is 14.5. The minimum absolute atomic E-state index is 0. The molecule has 1 saturated heterocycles. The highest BCUT2D eigenvalue weighted by Crippen LogP contribution is 2.43. The molecule has 1 aromatic carbocycles. The number of carbonyl (C=O) groups is 1. The Balaban J connectivity index is 0.00000192. The molecule has 0 spiro atoms. The maximum absolute atomic E-state index is 12.7. The third kappa shape index (κ3) is 3.70. The lowest BCUT2D eigenvalue weighted by Gasteiger charge is -2.37. The van der Waals surface area contributed by atoms with Crippen LogP contribution in [-0.4, -0.2) is 30.6 Å². The number of aliphatic hydroxyl groups is 1. The molecule has 1 aliphatic carbocycles. The summed E-state index contributed by atoms with van der Waals surface area (Å²) in [6.07, 6.45) is 3.83. The number of carbonyl (C=O) groups excluding carboxylic acids is 1. The van der Waals surface area contributed by atoms with Gasteiger partial charge < -0.3 is 15.7 Å². The van der Waals surface area contributed by atoms with E-state index in [1.54, 1.807) is 0 Å².